The van der Waals surface area contributed by atoms with Crippen molar-refractivity contribution in [2.45, 2.75) is 6.42 Å². The van der Waals surface area contributed by atoms with Gasteiger partial charge in [0.2, 0.25) is 17.7 Å². The van der Waals surface area contributed by atoms with E-state index in [1.54, 1.807) is 18.3 Å². The first-order chi connectivity index (χ1) is 10.6. The van der Waals surface area contributed by atoms with Crippen molar-refractivity contribution in [3.8, 4) is 0 Å². The Morgan fingerprint density at radius 3 is 2.50 bits per heavy atom. The molecule has 3 aliphatic rings. The number of imide groups is 1. The topological polar surface area (TPSA) is 79.4 Å². The third kappa shape index (κ3) is 1.87. The third-order valence-electron chi connectivity index (χ3n) is 4.81. The van der Waals surface area contributed by atoms with E-state index in [0.29, 0.717) is 5.69 Å². The summed E-state index contributed by atoms with van der Waals surface area (Å²) in [5, 5.41) is 2.65. The molecule has 0 aromatic carbocycles. The van der Waals surface area contributed by atoms with Gasteiger partial charge in [-0.25, -0.2) is 0 Å². The van der Waals surface area contributed by atoms with Crippen molar-refractivity contribution in [1.82, 2.24) is 9.88 Å². The number of anilines is 1. The Labute approximate surface area is 127 Å². The average Bonchev–Trinajstić information content (AvgIpc) is 3.18. The van der Waals surface area contributed by atoms with Gasteiger partial charge in [-0.1, -0.05) is 12.2 Å². The molecule has 3 amide bonds. The highest BCUT2D eigenvalue weighted by atomic mass is 16.2. The number of allylic oxidation sites excluding steroid dienone is 2. The summed E-state index contributed by atoms with van der Waals surface area (Å²) in [6.07, 6.45) is 8.09. The molecule has 1 saturated carbocycles. The van der Waals surface area contributed by atoms with Crippen LogP contribution in [0.4, 0.5) is 5.69 Å². The summed E-state index contributed by atoms with van der Waals surface area (Å²) in [6, 6.07) is 3.41. The summed E-state index contributed by atoms with van der Waals surface area (Å²) in [4.78, 5) is 42.0. The largest absolute Gasteiger partial charge is 0.323 e. The number of aromatic nitrogens is 1. The Hall–Kier alpha value is -2.50. The van der Waals surface area contributed by atoms with E-state index in [4.69, 9.17) is 0 Å². The summed E-state index contributed by atoms with van der Waals surface area (Å²) in [7, 11) is 0. The predicted molar refractivity (Wildman–Crippen MR) is 77.3 cm³/mol. The monoisotopic (exact) mass is 297 g/mol. The summed E-state index contributed by atoms with van der Waals surface area (Å²) >= 11 is 0. The number of amides is 3. The lowest BCUT2D eigenvalue weighted by molar-refractivity contribution is -0.143. The highest BCUT2D eigenvalue weighted by molar-refractivity contribution is 6.09. The molecule has 0 spiro atoms. The quantitative estimate of drug-likeness (QED) is 0.662. The number of nitrogens with zero attached hydrogens (tertiary/aromatic N) is 2. The third-order valence-corrected chi connectivity index (χ3v) is 4.81. The SMILES string of the molecule is O=C(CN1C(=O)[C@@H]2[C@@H](C1=O)[C@H]1C=C[C@H]2C1)Nc1cccnc1. The zero-order valence-corrected chi connectivity index (χ0v) is 11.8. The summed E-state index contributed by atoms with van der Waals surface area (Å²) in [5.74, 6) is -0.964. The van der Waals surface area contributed by atoms with Crippen molar-refractivity contribution >= 4 is 23.4 Å². The molecule has 1 aliphatic heterocycles. The molecule has 0 unspecified atom stereocenters. The molecule has 112 valence electrons. The minimum atomic E-state index is -0.380. The summed E-state index contributed by atoms with van der Waals surface area (Å²) in [5.41, 5.74) is 0.550. The van der Waals surface area contributed by atoms with Crippen molar-refractivity contribution in [1.29, 1.82) is 0 Å². The van der Waals surface area contributed by atoms with Gasteiger partial charge in [0.25, 0.3) is 0 Å². The number of pyridine rings is 1. The van der Waals surface area contributed by atoms with Gasteiger partial charge < -0.3 is 5.32 Å². The van der Waals surface area contributed by atoms with Crippen LogP contribution in [0.1, 0.15) is 6.42 Å². The minimum Gasteiger partial charge on any atom is -0.323 e. The van der Waals surface area contributed by atoms with Crippen LogP contribution in [0.15, 0.2) is 36.7 Å². The van der Waals surface area contributed by atoms with E-state index in [1.807, 2.05) is 12.2 Å². The lowest BCUT2D eigenvalue weighted by Gasteiger charge is -2.16. The van der Waals surface area contributed by atoms with Crippen LogP contribution in [-0.2, 0) is 14.4 Å². The Morgan fingerprint density at radius 2 is 1.91 bits per heavy atom. The number of carbonyl (C=O) groups is 3. The molecule has 6 heteroatoms. The molecule has 2 bridgehead atoms. The second-order valence-corrected chi connectivity index (χ2v) is 6.05. The van der Waals surface area contributed by atoms with Gasteiger partial charge in [0.05, 0.1) is 23.7 Å². The van der Waals surface area contributed by atoms with Crippen LogP contribution < -0.4 is 5.32 Å². The molecule has 1 aromatic heterocycles. The first-order valence-corrected chi connectivity index (χ1v) is 7.38. The molecule has 1 N–H and O–H groups in total. The van der Waals surface area contributed by atoms with Gasteiger partial charge in [0.15, 0.2) is 0 Å². The number of rotatable bonds is 3. The molecule has 2 heterocycles. The number of fused-ring (bicyclic) bond motifs is 5. The second kappa shape index (κ2) is 4.76. The van der Waals surface area contributed by atoms with E-state index in [-0.39, 0.29) is 47.9 Å². The predicted octanol–water partition coefficient (Wildman–Crippen LogP) is 0.827. The zero-order chi connectivity index (χ0) is 15.3. The standard InChI is InChI=1S/C16H15N3O3/c20-12(18-11-2-1-5-17-7-11)8-19-15(21)13-9-3-4-10(6-9)14(13)16(19)22/h1-5,7,9-10,13-14H,6,8H2,(H,18,20)/t9-,10-,13-,14-/m0/s1. The van der Waals surface area contributed by atoms with Crippen molar-refractivity contribution in [3.63, 3.8) is 0 Å². The molecule has 22 heavy (non-hydrogen) atoms. The fourth-order valence-electron chi connectivity index (χ4n) is 3.90. The Bertz CT molecular complexity index is 655. The lowest BCUT2D eigenvalue weighted by atomic mass is 9.85. The average molecular weight is 297 g/mol. The summed E-state index contributed by atoms with van der Waals surface area (Å²) in [6.45, 7) is -0.223. The van der Waals surface area contributed by atoms with Crippen molar-refractivity contribution in [2.75, 3.05) is 11.9 Å². The molecule has 0 radical (unpaired) electrons. The van der Waals surface area contributed by atoms with Gasteiger partial charge in [0, 0.05) is 6.20 Å². The fourth-order valence-corrected chi connectivity index (χ4v) is 3.90. The first-order valence-electron chi connectivity index (χ1n) is 7.38. The van der Waals surface area contributed by atoms with Gasteiger partial charge in [-0.2, -0.15) is 0 Å². The molecule has 2 aliphatic carbocycles. The number of likely N-dealkylation sites (tertiary alicyclic amines) is 1. The van der Waals surface area contributed by atoms with E-state index in [2.05, 4.69) is 10.3 Å². The molecule has 1 saturated heterocycles. The number of hydrogen-bond acceptors (Lipinski definition) is 4. The van der Waals surface area contributed by atoms with Crippen LogP contribution in [0.25, 0.3) is 0 Å². The second-order valence-electron chi connectivity index (χ2n) is 6.05. The molecule has 4 rings (SSSR count). The highest BCUT2D eigenvalue weighted by Crippen LogP contribution is 2.52. The van der Waals surface area contributed by atoms with Crippen LogP contribution >= 0.6 is 0 Å². The van der Waals surface area contributed by atoms with E-state index in [9.17, 15) is 14.4 Å². The smallest absolute Gasteiger partial charge is 0.244 e. The summed E-state index contributed by atoms with van der Waals surface area (Å²) < 4.78 is 0. The molecular formula is C16H15N3O3. The van der Waals surface area contributed by atoms with Crippen LogP contribution in [-0.4, -0.2) is 34.2 Å². The number of nitrogens with one attached hydrogen (secondary N) is 1. The van der Waals surface area contributed by atoms with Gasteiger partial charge in [0.1, 0.15) is 6.54 Å². The van der Waals surface area contributed by atoms with Gasteiger partial charge in [-0.15, -0.1) is 0 Å². The Kier molecular flexibility index (Phi) is 2.85. The van der Waals surface area contributed by atoms with Crippen LogP contribution in [0.5, 0.6) is 0 Å². The molecule has 4 atom stereocenters. The minimum absolute atomic E-state index is 0.165. The molecule has 1 aromatic rings. The van der Waals surface area contributed by atoms with Crippen molar-refractivity contribution in [2.24, 2.45) is 23.7 Å². The van der Waals surface area contributed by atoms with E-state index < -0.39 is 0 Å². The van der Waals surface area contributed by atoms with Crippen molar-refractivity contribution < 1.29 is 14.4 Å². The van der Waals surface area contributed by atoms with E-state index in [0.717, 1.165) is 11.3 Å². The van der Waals surface area contributed by atoms with Crippen molar-refractivity contribution in [3.05, 3.63) is 36.7 Å². The van der Waals surface area contributed by atoms with Gasteiger partial charge in [-0.3, -0.25) is 24.3 Å². The lowest BCUT2D eigenvalue weighted by Crippen LogP contribution is -2.39. The van der Waals surface area contributed by atoms with Gasteiger partial charge >= 0.3 is 0 Å². The van der Waals surface area contributed by atoms with E-state index >= 15 is 0 Å². The maximum atomic E-state index is 12.5. The fraction of sp³-hybridized carbons (Fsp3) is 0.375. The number of carbonyl (C=O) groups excluding carboxylic acids is 3. The highest BCUT2D eigenvalue weighted by Gasteiger charge is 2.59. The first kappa shape index (κ1) is 13.2. The maximum Gasteiger partial charge on any atom is 0.244 e. The molecule has 2 fully saturated rings. The zero-order valence-electron chi connectivity index (χ0n) is 11.8. The number of hydrogen-bond donors (Lipinski definition) is 1. The van der Waals surface area contributed by atoms with Gasteiger partial charge in [-0.05, 0) is 30.4 Å². The normalized spacial score (nSPS) is 31.7. The Balaban J connectivity index is 1.47. The maximum absolute atomic E-state index is 12.5. The van der Waals surface area contributed by atoms with Crippen LogP contribution in [0.2, 0.25) is 0 Å². The van der Waals surface area contributed by atoms with Crippen LogP contribution in [0, 0.1) is 23.7 Å². The molecular weight excluding hydrogens is 282 g/mol. The molecule has 6 nitrogen and oxygen atoms in total. The van der Waals surface area contributed by atoms with E-state index in [1.165, 1.54) is 6.20 Å². The van der Waals surface area contributed by atoms with Crippen LogP contribution in [0.3, 0.4) is 0 Å². The Morgan fingerprint density at radius 1 is 1.23 bits per heavy atom.